The normalized spacial score (nSPS) is 12.1. The van der Waals surface area contributed by atoms with Crippen molar-refractivity contribution in [3.8, 4) is 0 Å². The molecule has 0 unspecified atom stereocenters. The summed E-state index contributed by atoms with van der Waals surface area (Å²) in [6.07, 6.45) is -2.66. The van der Waals surface area contributed by atoms with Crippen molar-refractivity contribution in [3.63, 3.8) is 0 Å². The average molecular weight is 261 g/mol. The molecule has 1 aromatic rings. The molecule has 0 amide bonds. The maximum absolute atomic E-state index is 12.3. The van der Waals surface area contributed by atoms with Crippen molar-refractivity contribution >= 4 is 0 Å². The minimum Gasteiger partial charge on any atom is -0.395 e. The number of alkyl halides is 3. The van der Waals surface area contributed by atoms with Crippen LogP contribution in [0, 0.1) is 0 Å². The number of likely N-dealkylation sites (N-methyl/N-ethyl adjacent to an activating group) is 1. The summed E-state index contributed by atoms with van der Waals surface area (Å²) in [6.45, 7) is 1.56. The van der Waals surface area contributed by atoms with Crippen molar-refractivity contribution < 1.29 is 18.3 Å². The molecular formula is C13H18F3NO. The van der Waals surface area contributed by atoms with Crippen molar-refractivity contribution in [3.05, 3.63) is 35.4 Å². The molecular weight excluding hydrogens is 243 g/mol. The highest BCUT2D eigenvalue weighted by Gasteiger charge is 2.29. The van der Waals surface area contributed by atoms with Gasteiger partial charge in [-0.05, 0) is 44.1 Å². The van der Waals surface area contributed by atoms with Gasteiger partial charge >= 0.3 is 6.18 Å². The second kappa shape index (κ2) is 6.75. The van der Waals surface area contributed by atoms with Crippen LogP contribution in [0.2, 0.25) is 0 Å². The Morgan fingerprint density at radius 2 is 1.72 bits per heavy atom. The third-order valence-corrected chi connectivity index (χ3v) is 2.77. The van der Waals surface area contributed by atoms with Crippen LogP contribution in [0.5, 0.6) is 0 Å². The lowest BCUT2D eigenvalue weighted by molar-refractivity contribution is -0.137. The Labute approximate surface area is 105 Å². The standard InChI is InChI=1S/C13H18F3NO/c1-17(9-10-18)8-2-3-11-4-6-12(7-5-11)13(14,15)16/h4-7,18H,2-3,8-10H2,1H3. The van der Waals surface area contributed by atoms with E-state index in [2.05, 4.69) is 0 Å². The zero-order chi connectivity index (χ0) is 13.6. The zero-order valence-electron chi connectivity index (χ0n) is 10.4. The summed E-state index contributed by atoms with van der Waals surface area (Å²) in [5, 5.41) is 8.71. The molecule has 0 heterocycles. The largest absolute Gasteiger partial charge is 0.416 e. The van der Waals surface area contributed by atoms with Gasteiger partial charge in [-0.25, -0.2) is 0 Å². The van der Waals surface area contributed by atoms with E-state index in [1.165, 1.54) is 12.1 Å². The highest BCUT2D eigenvalue weighted by Crippen LogP contribution is 2.29. The molecule has 102 valence electrons. The predicted octanol–water partition coefficient (Wildman–Crippen LogP) is 2.56. The number of nitrogens with zero attached hydrogens (tertiary/aromatic N) is 1. The minimum atomic E-state index is -4.26. The molecule has 0 spiro atoms. The number of halogens is 3. The Bertz CT molecular complexity index is 348. The molecule has 1 N–H and O–H groups in total. The molecule has 0 fully saturated rings. The average Bonchev–Trinajstić information content (AvgIpc) is 2.29. The lowest BCUT2D eigenvalue weighted by Gasteiger charge is -2.14. The number of hydrogen-bond acceptors (Lipinski definition) is 2. The van der Waals surface area contributed by atoms with Gasteiger partial charge in [0, 0.05) is 6.54 Å². The molecule has 1 rings (SSSR count). The van der Waals surface area contributed by atoms with E-state index >= 15 is 0 Å². The van der Waals surface area contributed by atoms with Gasteiger partial charge in [0.1, 0.15) is 0 Å². The number of aliphatic hydroxyl groups is 1. The number of hydrogen-bond donors (Lipinski definition) is 1. The van der Waals surface area contributed by atoms with E-state index < -0.39 is 11.7 Å². The number of benzene rings is 1. The van der Waals surface area contributed by atoms with Gasteiger partial charge in [0.05, 0.1) is 12.2 Å². The molecule has 0 saturated heterocycles. The third kappa shape index (κ3) is 5.06. The Morgan fingerprint density at radius 1 is 1.11 bits per heavy atom. The summed E-state index contributed by atoms with van der Waals surface area (Å²) in [7, 11) is 1.91. The SMILES string of the molecule is CN(CCO)CCCc1ccc(C(F)(F)F)cc1. The topological polar surface area (TPSA) is 23.5 Å². The van der Waals surface area contributed by atoms with Crippen LogP contribution in [0.25, 0.3) is 0 Å². The molecule has 0 atom stereocenters. The molecule has 0 saturated carbocycles. The fourth-order valence-corrected chi connectivity index (χ4v) is 1.70. The van der Waals surface area contributed by atoms with Crippen LogP contribution in [0.15, 0.2) is 24.3 Å². The molecule has 0 aliphatic rings. The molecule has 1 aromatic carbocycles. The quantitative estimate of drug-likeness (QED) is 0.850. The first kappa shape index (κ1) is 15.0. The molecule has 0 aliphatic heterocycles. The Kier molecular flexibility index (Phi) is 5.62. The molecule has 5 heteroatoms. The molecule has 0 aliphatic carbocycles. The Hall–Kier alpha value is -1.07. The second-order valence-corrected chi connectivity index (χ2v) is 4.33. The van der Waals surface area contributed by atoms with Gasteiger partial charge in [0.15, 0.2) is 0 Å². The molecule has 2 nitrogen and oxygen atoms in total. The first-order chi connectivity index (χ1) is 8.43. The van der Waals surface area contributed by atoms with Crippen LogP contribution in [0.3, 0.4) is 0 Å². The lowest BCUT2D eigenvalue weighted by Crippen LogP contribution is -2.23. The van der Waals surface area contributed by atoms with E-state index in [1.54, 1.807) is 0 Å². The molecule has 0 radical (unpaired) electrons. The van der Waals surface area contributed by atoms with Crippen LogP contribution < -0.4 is 0 Å². The third-order valence-electron chi connectivity index (χ3n) is 2.77. The highest BCUT2D eigenvalue weighted by atomic mass is 19.4. The maximum Gasteiger partial charge on any atom is 0.416 e. The van der Waals surface area contributed by atoms with Gasteiger partial charge in [0.2, 0.25) is 0 Å². The molecule has 0 bridgehead atoms. The van der Waals surface area contributed by atoms with Crippen molar-refractivity contribution in [2.24, 2.45) is 0 Å². The fraction of sp³-hybridized carbons (Fsp3) is 0.538. The first-order valence-electron chi connectivity index (χ1n) is 5.89. The van der Waals surface area contributed by atoms with Gasteiger partial charge in [-0.1, -0.05) is 12.1 Å². The summed E-state index contributed by atoms with van der Waals surface area (Å²) >= 11 is 0. The first-order valence-corrected chi connectivity index (χ1v) is 5.89. The summed E-state index contributed by atoms with van der Waals surface area (Å²) in [5.41, 5.74) is 0.295. The monoisotopic (exact) mass is 261 g/mol. The number of rotatable bonds is 6. The van der Waals surface area contributed by atoms with E-state index in [4.69, 9.17) is 5.11 Å². The zero-order valence-corrected chi connectivity index (χ0v) is 10.4. The molecule has 18 heavy (non-hydrogen) atoms. The van der Waals surface area contributed by atoms with Crippen molar-refractivity contribution in [2.45, 2.75) is 19.0 Å². The van der Waals surface area contributed by atoms with Gasteiger partial charge in [-0.15, -0.1) is 0 Å². The van der Waals surface area contributed by atoms with E-state index in [1.807, 2.05) is 11.9 Å². The van der Waals surface area contributed by atoms with Crippen molar-refractivity contribution in [2.75, 3.05) is 26.7 Å². The summed E-state index contributed by atoms with van der Waals surface area (Å²) < 4.78 is 37.0. The van der Waals surface area contributed by atoms with Crippen molar-refractivity contribution in [1.82, 2.24) is 4.90 Å². The smallest absolute Gasteiger partial charge is 0.395 e. The van der Waals surface area contributed by atoms with E-state index in [0.29, 0.717) is 6.54 Å². The summed E-state index contributed by atoms with van der Waals surface area (Å²) in [6, 6.07) is 5.28. The lowest BCUT2D eigenvalue weighted by atomic mass is 10.1. The maximum atomic E-state index is 12.3. The Morgan fingerprint density at radius 3 is 2.22 bits per heavy atom. The van der Waals surface area contributed by atoms with E-state index in [0.717, 1.165) is 37.1 Å². The van der Waals surface area contributed by atoms with E-state index in [9.17, 15) is 13.2 Å². The fourth-order valence-electron chi connectivity index (χ4n) is 1.70. The summed E-state index contributed by atoms with van der Waals surface area (Å²) in [5.74, 6) is 0. The Balaban J connectivity index is 2.40. The summed E-state index contributed by atoms with van der Waals surface area (Å²) in [4.78, 5) is 1.99. The number of aryl methyl sites for hydroxylation is 1. The van der Waals surface area contributed by atoms with Crippen LogP contribution in [0.4, 0.5) is 13.2 Å². The van der Waals surface area contributed by atoms with Crippen LogP contribution in [0.1, 0.15) is 17.5 Å². The van der Waals surface area contributed by atoms with Crippen molar-refractivity contribution in [1.29, 1.82) is 0 Å². The van der Waals surface area contributed by atoms with Gasteiger partial charge in [0.25, 0.3) is 0 Å². The van der Waals surface area contributed by atoms with E-state index in [-0.39, 0.29) is 6.61 Å². The predicted molar refractivity (Wildman–Crippen MR) is 64.3 cm³/mol. The van der Waals surface area contributed by atoms with Crippen LogP contribution in [-0.4, -0.2) is 36.8 Å². The number of aliphatic hydroxyl groups excluding tert-OH is 1. The van der Waals surface area contributed by atoms with Gasteiger partial charge in [-0.3, -0.25) is 0 Å². The second-order valence-electron chi connectivity index (χ2n) is 4.33. The molecule has 0 aromatic heterocycles. The highest BCUT2D eigenvalue weighted by molar-refractivity contribution is 5.24. The minimum absolute atomic E-state index is 0.122. The van der Waals surface area contributed by atoms with Gasteiger partial charge in [-0.2, -0.15) is 13.2 Å². The van der Waals surface area contributed by atoms with Crippen LogP contribution >= 0.6 is 0 Å². The van der Waals surface area contributed by atoms with Gasteiger partial charge < -0.3 is 10.0 Å². The van der Waals surface area contributed by atoms with Crippen LogP contribution in [-0.2, 0) is 12.6 Å².